The summed E-state index contributed by atoms with van der Waals surface area (Å²) in [4.78, 5) is 27.3. The molecule has 3 rings (SSSR count). The Kier molecular flexibility index (Phi) is 3.27. The lowest BCUT2D eigenvalue weighted by atomic mass is 10.2. The first kappa shape index (κ1) is 12.9. The van der Waals surface area contributed by atoms with Gasteiger partial charge in [0.2, 0.25) is 0 Å². The van der Waals surface area contributed by atoms with Crippen molar-refractivity contribution < 1.29 is 19.1 Å². The molecule has 1 fully saturated rings. The molecule has 1 saturated carbocycles. The predicted octanol–water partition coefficient (Wildman–Crippen LogP) is 2.00. The molecule has 104 valence electrons. The van der Waals surface area contributed by atoms with Crippen LogP contribution in [0.2, 0.25) is 0 Å². The summed E-state index contributed by atoms with van der Waals surface area (Å²) < 4.78 is 4.96. The standard InChI is InChI=1S/C13H12N2O4S/c16-11(15-10(13(17)18)7-1-2-7)9-6-20-12(14-9)8-3-4-19-5-8/h3-7,10H,1-2H2,(H,15,16)(H,17,18). The summed E-state index contributed by atoms with van der Waals surface area (Å²) in [6, 6.07) is 0.937. The Bertz CT molecular complexity index is 631. The normalized spacial score (nSPS) is 15.8. The monoisotopic (exact) mass is 292 g/mol. The van der Waals surface area contributed by atoms with Crippen LogP contribution in [0.4, 0.5) is 0 Å². The van der Waals surface area contributed by atoms with Gasteiger partial charge in [-0.25, -0.2) is 9.78 Å². The van der Waals surface area contributed by atoms with E-state index >= 15 is 0 Å². The number of carboxylic acid groups (broad SMARTS) is 1. The first-order chi connectivity index (χ1) is 9.65. The fourth-order valence-corrected chi connectivity index (χ4v) is 2.71. The van der Waals surface area contributed by atoms with Gasteiger partial charge in [-0.2, -0.15) is 0 Å². The van der Waals surface area contributed by atoms with Crippen molar-refractivity contribution in [3.05, 3.63) is 29.7 Å². The van der Waals surface area contributed by atoms with E-state index in [1.54, 1.807) is 17.7 Å². The number of nitrogens with one attached hydrogen (secondary N) is 1. The van der Waals surface area contributed by atoms with Crippen LogP contribution in [0.3, 0.4) is 0 Å². The third kappa shape index (κ3) is 2.57. The smallest absolute Gasteiger partial charge is 0.326 e. The van der Waals surface area contributed by atoms with Crippen molar-refractivity contribution in [3.63, 3.8) is 0 Å². The molecule has 2 aromatic heterocycles. The van der Waals surface area contributed by atoms with Gasteiger partial charge in [0.15, 0.2) is 0 Å². The second-order valence-corrected chi connectivity index (χ2v) is 5.53. The maximum absolute atomic E-state index is 12.0. The minimum absolute atomic E-state index is 0.0448. The van der Waals surface area contributed by atoms with Gasteiger partial charge in [0.1, 0.15) is 23.0 Å². The molecule has 6 nitrogen and oxygen atoms in total. The number of carboxylic acids is 1. The number of rotatable bonds is 5. The maximum atomic E-state index is 12.0. The average Bonchev–Trinajstić information content (AvgIpc) is 2.94. The molecule has 1 atom stereocenters. The van der Waals surface area contributed by atoms with Gasteiger partial charge in [0, 0.05) is 10.9 Å². The van der Waals surface area contributed by atoms with E-state index in [2.05, 4.69) is 10.3 Å². The van der Waals surface area contributed by atoms with Crippen LogP contribution >= 0.6 is 11.3 Å². The van der Waals surface area contributed by atoms with Gasteiger partial charge in [-0.05, 0) is 24.8 Å². The second kappa shape index (κ2) is 5.09. The van der Waals surface area contributed by atoms with Gasteiger partial charge in [0.25, 0.3) is 5.91 Å². The number of carbonyl (C=O) groups excluding carboxylic acids is 1. The Morgan fingerprint density at radius 1 is 1.50 bits per heavy atom. The van der Waals surface area contributed by atoms with Gasteiger partial charge in [0.05, 0.1) is 6.26 Å². The van der Waals surface area contributed by atoms with E-state index in [1.165, 1.54) is 17.6 Å². The van der Waals surface area contributed by atoms with Crippen molar-refractivity contribution in [1.29, 1.82) is 0 Å². The molecule has 1 unspecified atom stereocenters. The Hall–Kier alpha value is -2.15. The zero-order valence-corrected chi connectivity index (χ0v) is 11.2. The lowest BCUT2D eigenvalue weighted by molar-refractivity contribution is -0.139. The van der Waals surface area contributed by atoms with Crippen LogP contribution in [-0.4, -0.2) is 28.0 Å². The van der Waals surface area contributed by atoms with Crippen LogP contribution in [0.15, 0.2) is 28.4 Å². The van der Waals surface area contributed by atoms with Crippen molar-refractivity contribution >= 4 is 23.2 Å². The third-order valence-corrected chi connectivity index (χ3v) is 4.04. The number of furan rings is 1. The van der Waals surface area contributed by atoms with E-state index in [9.17, 15) is 9.59 Å². The third-order valence-electron chi connectivity index (χ3n) is 3.15. The molecule has 2 aromatic rings. The zero-order chi connectivity index (χ0) is 14.1. The van der Waals surface area contributed by atoms with Crippen molar-refractivity contribution in [2.75, 3.05) is 0 Å². The number of thiazole rings is 1. The minimum Gasteiger partial charge on any atom is -0.480 e. The molecule has 0 bridgehead atoms. The topological polar surface area (TPSA) is 92.4 Å². The molecular formula is C13H12N2O4S. The van der Waals surface area contributed by atoms with E-state index in [0.29, 0.717) is 5.01 Å². The lowest BCUT2D eigenvalue weighted by Crippen LogP contribution is -2.42. The molecule has 0 aliphatic heterocycles. The van der Waals surface area contributed by atoms with Crippen molar-refractivity contribution in [2.45, 2.75) is 18.9 Å². The van der Waals surface area contributed by atoms with Crippen molar-refractivity contribution in [1.82, 2.24) is 10.3 Å². The SMILES string of the molecule is O=C(NC(C(=O)O)C1CC1)c1csc(-c2ccoc2)n1. The molecule has 1 aliphatic rings. The summed E-state index contributed by atoms with van der Waals surface area (Å²) in [7, 11) is 0. The molecule has 1 amide bonds. The van der Waals surface area contributed by atoms with E-state index in [4.69, 9.17) is 9.52 Å². The maximum Gasteiger partial charge on any atom is 0.326 e. The van der Waals surface area contributed by atoms with Crippen LogP contribution in [0.25, 0.3) is 10.6 Å². The number of aliphatic carboxylic acids is 1. The molecule has 7 heteroatoms. The summed E-state index contributed by atoms with van der Waals surface area (Å²) in [6.07, 6.45) is 4.76. The van der Waals surface area contributed by atoms with E-state index in [1.807, 2.05) is 0 Å². The van der Waals surface area contributed by atoms with Crippen molar-refractivity contribution in [2.24, 2.45) is 5.92 Å². The van der Waals surface area contributed by atoms with E-state index in [0.717, 1.165) is 18.4 Å². The highest BCUT2D eigenvalue weighted by Gasteiger charge is 2.37. The number of aromatic nitrogens is 1. The largest absolute Gasteiger partial charge is 0.480 e. The van der Waals surface area contributed by atoms with Crippen LogP contribution in [0.5, 0.6) is 0 Å². The lowest BCUT2D eigenvalue weighted by Gasteiger charge is -2.12. The summed E-state index contributed by atoms with van der Waals surface area (Å²) >= 11 is 1.32. The Morgan fingerprint density at radius 2 is 2.30 bits per heavy atom. The highest BCUT2D eigenvalue weighted by molar-refractivity contribution is 7.13. The van der Waals surface area contributed by atoms with E-state index in [-0.39, 0.29) is 11.6 Å². The Balaban J connectivity index is 1.72. The van der Waals surface area contributed by atoms with Crippen LogP contribution in [-0.2, 0) is 4.79 Å². The number of amides is 1. The molecule has 2 heterocycles. The van der Waals surface area contributed by atoms with Gasteiger partial charge in [-0.15, -0.1) is 11.3 Å². The quantitative estimate of drug-likeness (QED) is 0.879. The van der Waals surface area contributed by atoms with Gasteiger partial charge in [-0.1, -0.05) is 0 Å². The fourth-order valence-electron chi connectivity index (χ4n) is 1.92. The minimum atomic E-state index is -0.994. The molecule has 0 spiro atoms. The molecule has 0 saturated heterocycles. The first-order valence-corrected chi connectivity index (χ1v) is 7.05. The van der Waals surface area contributed by atoms with E-state index < -0.39 is 17.9 Å². The van der Waals surface area contributed by atoms with Crippen LogP contribution < -0.4 is 5.32 Å². The summed E-state index contributed by atoms with van der Waals surface area (Å²) in [5.41, 5.74) is 1.03. The average molecular weight is 292 g/mol. The second-order valence-electron chi connectivity index (χ2n) is 4.68. The summed E-state index contributed by atoms with van der Waals surface area (Å²) in [5, 5.41) is 13.9. The fraction of sp³-hybridized carbons (Fsp3) is 0.308. The molecule has 1 aliphatic carbocycles. The van der Waals surface area contributed by atoms with Crippen molar-refractivity contribution in [3.8, 4) is 10.6 Å². The Labute approximate surface area is 118 Å². The molecular weight excluding hydrogens is 280 g/mol. The predicted molar refractivity (Wildman–Crippen MR) is 71.4 cm³/mol. The van der Waals surface area contributed by atoms with Gasteiger partial charge < -0.3 is 14.8 Å². The molecule has 20 heavy (non-hydrogen) atoms. The number of hydrogen-bond donors (Lipinski definition) is 2. The zero-order valence-electron chi connectivity index (χ0n) is 10.4. The summed E-state index contributed by atoms with van der Waals surface area (Å²) in [6.45, 7) is 0. The number of nitrogens with zero attached hydrogens (tertiary/aromatic N) is 1. The number of carbonyl (C=O) groups is 2. The molecule has 2 N–H and O–H groups in total. The van der Waals surface area contributed by atoms with Gasteiger partial charge in [-0.3, -0.25) is 4.79 Å². The highest BCUT2D eigenvalue weighted by atomic mass is 32.1. The highest BCUT2D eigenvalue weighted by Crippen LogP contribution is 2.33. The first-order valence-electron chi connectivity index (χ1n) is 6.17. The van der Waals surface area contributed by atoms with Crippen LogP contribution in [0, 0.1) is 5.92 Å². The van der Waals surface area contributed by atoms with Gasteiger partial charge >= 0.3 is 5.97 Å². The summed E-state index contributed by atoms with van der Waals surface area (Å²) in [5.74, 6) is -1.40. The number of hydrogen-bond acceptors (Lipinski definition) is 5. The van der Waals surface area contributed by atoms with Crippen LogP contribution in [0.1, 0.15) is 23.3 Å². The Morgan fingerprint density at radius 3 is 2.90 bits per heavy atom. The molecule has 0 aromatic carbocycles. The molecule has 0 radical (unpaired) electrons.